The Hall–Kier alpha value is -0.280. The molecular formula is C13H25ClN2O. The number of carbonyl (C=O) groups is 1. The molecule has 0 bridgehead atoms. The number of rotatable bonds is 1. The first-order valence-corrected chi connectivity index (χ1v) is 6.70. The highest BCUT2D eigenvalue weighted by atomic mass is 35.5. The Bertz CT molecular complexity index is 254. The lowest BCUT2D eigenvalue weighted by Gasteiger charge is -2.38. The zero-order chi connectivity index (χ0) is 11.5. The van der Waals surface area contributed by atoms with E-state index in [4.69, 9.17) is 0 Å². The summed E-state index contributed by atoms with van der Waals surface area (Å²) in [7, 11) is 0. The van der Waals surface area contributed by atoms with Crippen LogP contribution < -0.4 is 5.32 Å². The number of hydrogen-bond acceptors (Lipinski definition) is 2. The molecule has 0 spiro atoms. The summed E-state index contributed by atoms with van der Waals surface area (Å²) in [5, 5.41) is 3.35. The van der Waals surface area contributed by atoms with Crippen LogP contribution in [0.2, 0.25) is 0 Å². The van der Waals surface area contributed by atoms with Crippen LogP contribution in [-0.4, -0.2) is 36.5 Å². The van der Waals surface area contributed by atoms with Gasteiger partial charge >= 0.3 is 0 Å². The van der Waals surface area contributed by atoms with Crippen LogP contribution in [0, 0.1) is 11.8 Å². The third kappa shape index (κ3) is 3.59. The third-order valence-electron chi connectivity index (χ3n) is 4.25. The molecule has 2 aliphatic rings. The van der Waals surface area contributed by atoms with Gasteiger partial charge in [0.2, 0.25) is 5.91 Å². The zero-order valence-corrected chi connectivity index (χ0v) is 11.8. The van der Waals surface area contributed by atoms with Crippen molar-refractivity contribution in [1.29, 1.82) is 0 Å². The molecule has 3 atom stereocenters. The largest absolute Gasteiger partial charge is 0.341 e. The summed E-state index contributed by atoms with van der Waals surface area (Å²) >= 11 is 0. The van der Waals surface area contributed by atoms with Crippen molar-refractivity contribution in [2.75, 3.05) is 19.6 Å². The van der Waals surface area contributed by atoms with E-state index in [1.165, 1.54) is 19.3 Å². The third-order valence-corrected chi connectivity index (χ3v) is 4.25. The molecule has 2 rings (SSSR count). The Balaban J connectivity index is 0.00000144. The molecule has 3 unspecified atom stereocenters. The monoisotopic (exact) mass is 260 g/mol. The predicted octanol–water partition coefficient (Wildman–Crippen LogP) is 2.05. The van der Waals surface area contributed by atoms with Crippen LogP contribution in [0.3, 0.4) is 0 Å². The van der Waals surface area contributed by atoms with Crippen molar-refractivity contribution in [2.45, 2.75) is 45.6 Å². The van der Waals surface area contributed by atoms with Gasteiger partial charge in [-0.05, 0) is 37.6 Å². The van der Waals surface area contributed by atoms with Crippen LogP contribution in [0.4, 0.5) is 0 Å². The maximum Gasteiger partial charge on any atom is 0.239 e. The molecule has 100 valence electrons. The van der Waals surface area contributed by atoms with E-state index in [1.54, 1.807) is 0 Å². The fourth-order valence-corrected chi connectivity index (χ4v) is 2.75. The van der Waals surface area contributed by atoms with E-state index in [9.17, 15) is 4.79 Å². The first kappa shape index (κ1) is 14.8. The number of nitrogens with one attached hydrogen (secondary N) is 1. The van der Waals surface area contributed by atoms with Gasteiger partial charge in [0, 0.05) is 13.1 Å². The van der Waals surface area contributed by atoms with E-state index in [0.29, 0.717) is 11.8 Å². The van der Waals surface area contributed by atoms with Gasteiger partial charge in [-0.3, -0.25) is 4.79 Å². The van der Waals surface area contributed by atoms with Crippen molar-refractivity contribution in [2.24, 2.45) is 11.8 Å². The summed E-state index contributed by atoms with van der Waals surface area (Å²) in [6.07, 6.45) is 4.61. The van der Waals surface area contributed by atoms with Crippen molar-refractivity contribution in [3.05, 3.63) is 0 Å². The molecule has 2 heterocycles. The fourth-order valence-electron chi connectivity index (χ4n) is 2.75. The van der Waals surface area contributed by atoms with Crippen molar-refractivity contribution in [1.82, 2.24) is 10.2 Å². The number of halogens is 1. The molecular weight excluding hydrogens is 236 g/mol. The maximum atomic E-state index is 12.3. The minimum absolute atomic E-state index is 0. The number of amides is 1. The molecule has 0 saturated carbocycles. The lowest BCUT2D eigenvalue weighted by Crippen LogP contribution is -2.52. The van der Waals surface area contributed by atoms with E-state index >= 15 is 0 Å². The van der Waals surface area contributed by atoms with Gasteiger partial charge in [0.25, 0.3) is 0 Å². The van der Waals surface area contributed by atoms with Crippen LogP contribution >= 0.6 is 12.4 Å². The summed E-state index contributed by atoms with van der Waals surface area (Å²) < 4.78 is 0. The molecule has 1 amide bonds. The Morgan fingerprint density at radius 3 is 2.53 bits per heavy atom. The van der Waals surface area contributed by atoms with Gasteiger partial charge in [0.1, 0.15) is 0 Å². The number of piperidine rings is 2. The highest BCUT2D eigenvalue weighted by Gasteiger charge is 2.30. The molecule has 0 radical (unpaired) electrons. The summed E-state index contributed by atoms with van der Waals surface area (Å²) in [5.74, 6) is 1.77. The van der Waals surface area contributed by atoms with Gasteiger partial charge in [0.05, 0.1) is 6.04 Å². The van der Waals surface area contributed by atoms with Gasteiger partial charge in [-0.1, -0.05) is 20.3 Å². The molecule has 2 saturated heterocycles. The van der Waals surface area contributed by atoms with Crippen molar-refractivity contribution in [3.8, 4) is 0 Å². The minimum atomic E-state index is 0. The summed E-state index contributed by atoms with van der Waals surface area (Å²) in [6.45, 7) is 7.49. The smallest absolute Gasteiger partial charge is 0.239 e. The van der Waals surface area contributed by atoms with Gasteiger partial charge < -0.3 is 10.2 Å². The summed E-state index contributed by atoms with van der Waals surface area (Å²) in [4.78, 5) is 14.3. The van der Waals surface area contributed by atoms with Gasteiger partial charge in [-0.15, -0.1) is 12.4 Å². The van der Waals surface area contributed by atoms with Gasteiger partial charge in [-0.2, -0.15) is 0 Å². The zero-order valence-electron chi connectivity index (χ0n) is 10.9. The lowest BCUT2D eigenvalue weighted by molar-refractivity contribution is -0.136. The van der Waals surface area contributed by atoms with E-state index in [2.05, 4.69) is 24.1 Å². The Morgan fingerprint density at radius 1 is 1.18 bits per heavy atom. The molecule has 0 aliphatic carbocycles. The SMILES string of the molecule is CC1CCN(C(=O)C2CCCCN2)CC1C.Cl. The fraction of sp³-hybridized carbons (Fsp3) is 0.923. The number of likely N-dealkylation sites (tertiary alicyclic amines) is 1. The van der Waals surface area contributed by atoms with Crippen molar-refractivity contribution < 1.29 is 4.79 Å². The van der Waals surface area contributed by atoms with Crippen molar-refractivity contribution in [3.63, 3.8) is 0 Å². The standard InChI is InChI=1S/C13H24N2O.ClH/c1-10-6-8-15(9-11(10)2)13(16)12-5-3-4-7-14-12;/h10-12,14H,3-9H2,1-2H3;1H. The second-order valence-corrected chi connectivity index (χ2v) is 5.53. The summed E-state index contributed by atoms with van der Waals surface area (Å²) in [6, 6.07) is 0.106. The Labute approximate surface area is 111 Å². The van der Waals surface area contributed by atoms with Crippen LogP contribution in [0.25, 0.3) is 0 Å². The normalized spacial score (nSPS) is 34.0. The molecule has 2 fully saturated rings. The summed E-state index contributed by atoms with van der Waals surface area (Å²) in [5.41, 5.74) is 0. The first-order chi connectivity index (χ1) is 7.68. The first-order valence-electron chi connectivity index (χ1n) is 6.70. The van der Waals surface area contributed by atoms with Crippen molar-refractivity contribution >= 4 is 18.3 Å². The van der Waals surface area contributed by atoms with E-state index in [0.717, 1.165) is 32.0 Å². The van der Waals surface area contributed by atoms with E-state index < -0.39 is 0 Å². The molecule has 0 aromatic rings. The van der Waals surface area contributed by atoms with Crippen LogP contribution in [0.15, 0.2) is 0 Å². The Kier molecular flexibility index (Phi) is 5.74. The van der Waals surface area contributed by atoms with E-state index in [-0.39, 0.29) is 18.4 Å². The maximum absolute atomic E-state index is 12.3. The molecule has 4 heteroatoms. The van der Waals surface area contributed by atoms with Gasteiger partial charge in [0.15, 0.2) is 0 Å². The van der Waals surface area contributed by atoms with E-state index in [1.807, 2.05) is 0 Å². The number of carbonyl (C=O) groups excluding carboxylic acids is 1. The molecule has 3 nitrogen and oxygen atoms in total. The quantitative estimate of drug-likeness (QED) is 0.783. The molecule has 0 aromatic carbocycles. The molecule has 0 aromatic heterocycles. The number of hydrogen-bond donors (Lipinski definition) is 1. The Morgan fingerprint density at radius 2 is 1.94 bits per heavy atom. The highest BCUT2D eigenvalue weighted by molar-refractivity contribution is 5.85. The predicted molar refractivity (Wildman–Crippen MR) is 72.4 cm³/mol. The lowest BCUT2D eigenvalue weighted by atomic mass is 9.88. The van der Waals surface area contributed by atoms with Crippen LogP contribution in [0.1, 0.15) is 39.5 Å². The minimum Gasteiger partial charge on any atom is -0.341 e. The highest BCUT2D eigenvalue weighted by Crippen LogP contribution is 2.23. The average molecular weight is 261 g/mol. The molecule has 1 N–H and O–H groups in total. The second kappa shape index (κ2) is 6.60. The van der Waals surface area contributed by atoms with Crippen LogP contribution in [-0.2, 0) is 4.79 Å². The van der Waals surface area contributed by atoms with Gasteiger partial charge in [-0.25, -0.2) is 0 Å². The number of nitrogens with zero attached hydrogens (tertiary/aromatic N) is 1. The second-order valence-electron chi connectivity index (χ2n) is 5.53. The molecule has 17 heavy (non-hydrogen) atoms. The van der Waals surface area contributed by atoms with Crippen LogP contribution in [0.5, 0.6) is 0 Å². The molecule has 2 aliphatic heterocycles. The average Bonchev–Trinajstić information content (AvgIpc) is 2.33. The topological polar surface area (TPSA) is 32.3 Å².